The molecule has 8 rings (SSSR count). The lowest BCUT2D eigenvalue weighted by atomic mass is 9.50. The van der Waals surface area contributed by atoms with Gasteiger partial charge in [-0.15, -0.1) is 0 Å². The molecule has 4 aliphatic rings. The van der Waals surface area contributed by atoms with Crippen LogP contribution in [0.2, 0.25) is 0 Å². The Morgan fingerprint density at radius 3 is 2.53 bits per heavy atom. The maximum absolute atomic E-state index is 13.1. The number of carbonyl (C=O) groups is 4. The molecule has 2 aromatic carbocycles. The summed E-state index contributed by atoms with van der Waals surface area (Å²) in [6.07, 6.45) is 10.5. The number of hydrogen-bond donors (Lipinski definition) is 2. The molecular formula is C32H29N7O4. The average molecular weight is 576 g/mol. The summed E-state index contributed by atoms with van der Waals surface area (Å²) in [5.74, 6) is -1.44. The number of para-hydroxylation sites is 2. The van der Waals surface area contributed by atoms with E-state index in [9.17, 15) is 19.2 Å². The number of hydrogen-bond acceptors (Lipinski definition) is 8. The van der Waals surface area contributed by atoms with Gasteiger partial charge in [0, 0.05) is 30.4 Å². The van der Waals surface area contributed by atoms with Gasteiger partial charge < -0.3 is 5.32 Å². The Labute approximate surface area is 246 Å². The molecule has 2 aliphatic carbocycles. The van der Waals surface area contributed by atoms with Gasteiger partial charge in [-0.1, -0.05) is 12.1 Å². The van der Waals surface area contributed by atoms with E-state index in [1.54, 1.807) is 24.4 Å². The lowest BCUT2D eigenvalue weighted by Crippen LogP contribution is -2.54. The van der Waals surface area contributed by atoms with Crippen LogP contribution in [0.5, 0.6) is 0 Å². The fourth-order valence-corrected chi connectivity index (χ4v) is 7.38. The van der Waals surface area contributed by atoms with Gasteiger partial charge in [-0.2, -0.15) is 5.10 Å². The van der Waals surface area contributed by atoms with Crippen molar-refractivity contribution in [2.24, 2.45) is 11.3 Å². The molecule has 0 radical (unpaired) electrons. The fourth-order valence-electron chi connectivity index (χ4n) is 7.38. The van der Waals surface area contributed by atoms with Gasteiger partial charge in [0.05, 0.1) is 46.3 Å². The van der Waals surface area contributed by atoms with Crippen LogP contribution in [-0.2, 0) is 9.59 Å². The third-order valence-corrected chi connectivity index (χ3v) is 9.54. The minimum absolute atomic E-state index is 0.101. The van der Waals surface area contributed by atoms with Crippen LogP contribution in [-0.4, -0.2) is 60.9 Å². The Bertz CT molecular complexity index is 1830. The summed E-state index contributed by atoms with van der Waals surface area (Å²) in [6, 6.07) is 12.4. The van der Waals surface area contributed by atoms with Gasteiger partial charge in [0.2, 0.25) is 11.8 Å². The number of imide groups is 2. The molecule has 1 spiro atoms. The van der Waals surface area contributed by atoms with Crippen LogP contribution in [0.25, 0.3) is 22.3 Å². The summed E-state index contributed by atoms with van der Waals surface area (Å²) in [5, 5.41) is 10.3. The minimum Gasteiger partial charge on any atom is -0.385 e. The second kappa shape index (κ2) is 9.55. The van der Waals surface area contributed by atoms with Crippen molar-refractivity contribution in [3.63, 3.8) is 0 Å². The van der Waals surface area contributed by atoms with Crippen molar-refractivity contribution < 1.29 is 19.2 Å². The van der Waals surface area contributed by atoms with Crippen molar-refractivity contribution in [2.75, 3.05) is 11.9 Å². The molecule has 2 aliphatic heterocycles. The topological polar surface area (TPSA) is 139 Å². The summed E-state index contributed by atoms with van der Waals surface area (Å²) < 4.78 is 2.07. The third kappa shape index (κ3) is 4.29. The first-order valence-corrected chi connectivity index (χ1v) is 14.7. The minimum atomic E-state index is -0.959. The molecule has 43 heavy (non-hydrogen) atoms. The summed E-state index contributed by atoms with van der Waals surface area (Å²) >= 11 is 0. The monoisotopic (exact) mass is 575 g/mol. The van der Waals surface area contributed by atoms with E-state index in [0.29, 0.717) is 22.9 Å². The highest BCUT2D eigenvalue weighted by Crippen LogP contribution is 2.62. The smallest absolute Gasteiger partial charge is 0.262 e. The first kappa shape index (κ1) is 25.8. The number of benzene rings is 2. The van der Waals surface area contributed by atoms with Crippen molar-refractivity contribution in [3.05, 3.63) is 72.2 Å². The second-order valence-corrected chi connectivity index (χ2v) is 12.4. The maximum atomic E-state index is 13.1. The van der Waals surface area contributed by atoms with E-state index >= 15 is 0 Å². The van der Waals surface area contributed by atoms with E-state index in [4.69, 9.17) is 4.98 Å². The Morgan fingerprint density at radius 1 is 0.930 bits per heavy atom. The zero-order valence-corrected chi connectivity index (χ0v) is 23.3. The molecule has 216 valence electrons. The van der Waals surface area contributed by atoms with E-state index in [2.05, 4.69) is 31.6 Å². The SMILES string of the molecule is O=C1CCC(N2C(=O)c3ccc(NCC4CC5(C4)CC(n4cc(-c6cnc7ccccc7n6)cn4)C5)cc3C2=O)C(=O)N1. The number of aromatic nitrogens is 4. The molecule has 2 aromatic heterocycles. The maximum Gasteiger partial charge on any atom is 0.262 e. The Balaban J connectivity index is 0.851. The predicted octanol–water partition coefficient (Wildman–Crippen LogP) is 3.74. The van der Waals surface area contributed by atoms with E-state index < -0.39 is 23.8 Å². The number of carbonyl (C=O) groups excluding carboxylic acids is 4. The first-order chi connectivity index (χ1) is 20.9. The van der Waals surface area contributed by atoms with Gasteiger partial charge in [-0.3, -0.25) is 39.1 Å². The zero-order valence-electron chi connectivity index (χ0n) is 23.3. The molecule has 11 heteroatoms. The molecule has 2 saturated carbocycles. The van der Waals surface area contributed by atoms with Gasteiger partial charge in [-0.25, -0.2) is 4.98 Å². The molecule has 4 aromatic rings. The highest BCUT2D eigenvalue weighted by Gasteiger charge is 2.53. The molecule has 1 saturated heterocycles. The van der Waals surface area contributed by atoms with Crippen LogP contribution in [0.1, 0.15) is 65.3 Å². The molecule has 4 heterocycles. The molecule has 4 amide bonds. The number of anilines is 1. The van der Waals surface area contributed by atoms with Crippen molar-refractivity contribution >= 4 is 40.3 Å². The number of fused-ring (bicyclic) bond motifs is 2. The third-order valence-electron chi connectivity index (χ3n) is 9.54. The standard InChI is InChI=1S/C32H29N7O4/c40-28-8-7-27(29(41)37-28)39-30(42)22-6-5-20(9-23(22)31(39)43)33-14-18-10-32(11-18)12-21(13-32)38-17-19(15-35-38)26-16-34-24-3-1-2-4-25(24)36-26/h1-6,9,15-18,21,27,33H,7-8,10-14H2,(H,37,40,41). The molecule has 1 atom stereocenters. The van der Waals surface area contributed by atoms with E-state index in [1.807, 2.05) is 30.5 Å². The van der Waals surface area contributed by atoms with Crippen LogP contribution >= 0.6 is 0 Å². The van der Waals surface area contributed by atoms with Crippen molar-refractivity contribution in [3.8, 4) is 11.3 Å². The summed E-state index contributed by atoms with van der Waals surface area (Å²) in [4.78, 5) is 60.1. The normalized spacial score (nSPS) is 26.3. The van der Waals surface area contributed by atoms with Crippen LogP contribution in [0.4, 0.5) is 5.69 Å². The molecular weight excluding hydrogens is 546 g/mol. The van der Waals surface area contributed by atoms with Gasteiger partial charge in [0.25, 0.3) is 11.8 Å². The fraction of sp³-hybridized carbons (Fsp3) is 0.344. The van der Waals surface area contributed by atoms with E-state index in [-0.39, 0.29) is 24.3 Å². The van der Waals surface area contributed by atoms with E-state index in [0.717, 1.165) is 65.1 Å². The number of piperidine rings is 1. The Kier molecular flexibility index (Phi) is 5.72. The van der Waals surface area contributed by atoms with E-state index in [1.165, 1.54) is 0 Å². The Hall–Kier alpha value is -4.93. The zero-order chi connectivity index (χ0) is 29.3. The molecule has 1 unspecified atom stereocenters. The molecule has 3 fully saturated rings. The van der Waals surface area contributed by atoms with Crippen molar-refractivity contribution in [2.45, 2.75) is 50.6 Å². The van der Waals surface area contributed by atoms with Crippen LogP contribution in [0, 0.1) is 11.3 Å². The van der Waals surface area contributed by atoms with Gasteiger partial charge in [0.15, 0.2) is 0 Å². The largest absolute Gasteiger partial charge is 0.385 e. The van der Waals surface area contributed by atoms with Gasteiger partial charge in [0.1, 0.15) is 6.04 Å². The Morgan fingerprint density at radius 2 is 1.72 bits per heavy atom. The lowest BCUT2D eigenvalue weighted by Gasteiger charge is -2.57. The molecule has 0 bridgehead atoms. The predicted molar refractivity (Wildman–Crippen MR) is 156 cm³/mol. The number of rotatable bonds is 6. The number of nitrogens with zero attached hydrogens (tertiary/aromatic N) is 5. The quantitative estimate of drug-likeness (QED) is 0.332. The van der Waals surface area contributed by atoms with Crippen LogP contribution in [0.15, 0.2) is 61.1 Å². The number of nitrogens with one attached hydrogen (secondary N) is 2. The second-order valence-electron chi connectivity index (χ2n) is 12.4. The summed E-state index contributed by atoms with van der Waals surface area (Å²) in [7, 11) is 0. The first-order valence-electron chi connectivity index (χ1n) is 14.7. The van der Waals surface area contributed by atoms with Crippen LogP contribution in [0.3, 0.4) is 0 Å². The summed E-state index contributed by atoms with van der Waals surface area (Å²) in [6.45, 7) is 0.788. The van der Waals surface area contributed by atoms with Crippen LogP contribution < -0.4 is 10.6 Å². The summed E-state index contributed by atoms with van der Waals surface area (Å²) in [5.41, 5.74) is 5.29. The van der Waals surface area contributed by atoms with Crippen molar-refractivity contribution in [1.82, 2.24) is 30.0 Å². The highest BCUT2D eigenvalue weighted by molar-refractivity contribution is 6.23. The van der Waals surface area contributed by atoms with Gasteiger partial charge >= 0.3 is 0 Å². The van der Waals surface area contributed by atoms with Crippen molar-refractivity contribution in [1.29, 1.82) is 0 Å². The molecule has 11 nitrogen and oxygen atoms in total. The van der Waals surface area contributed by atoms with Gasteiger partial charge in [-0.05, 0) is 73.8 Å². The molecule has 2 N–H and O–H groups in total. The average Bonchev–Trinajstić information content (AvgIpc) is 3.54. The highest BCUT2D eigenvalue weighted by atomic mass is 16.2. The lowest BCUT2D eigenvalue weighted by molar-refractivity contribution is -0.136. The number of amides is 4.